The van der Waals surface area contributed by atoms with Crippen molar-refractivity contribution in [3.63, 3.8) is 0 Å². The highest BCUT2D eigenvalue weighted by Crippen LogP contribution is 2.31. The van der Waals surface area contributed by atoms with Gasteiger partial charge in [0.2, 0.25) is 15.9 Å². The zero-order valence-electron chi connectivity index (χ0n) is 18.8. The number of rotatable bonds is 7. The molecule has 1 N–H and O–H groups in total. The molecule has 2 heterocycles. The van der Waals surface area contributed by atoms with Gasteiger partial charge in [-0.05, 0) is 36.6 Å². The lowest BCUT2D eigenvalue weighted by Gasteiger charge is -2.32. The second-order valence-corrected chi connectivity index (χ2v) is 10.3. The van der Waals surface area contributed by atoms with E-state index in [1.165, 1.54) is 10.4 Å². The van der Waals surface area contributed by atoms with Gasteiger partial charge in [-0.25, -0.2) is 8.42 Å². The Morgan fingerprint density at radius 1 is 1.03 bits per heavy atom. The molecule has 2 aromatic carbocycles. The number of nitro groups is 1. The second kappa shape index (κ2) is 10.5. The highest BCUT2D eigenvalue weighted by Gasteiger charge is 2.28. The van der Waals surface area contributed by atoms with E-state index < -0.39 is 10.0 Å². The molecule has 2 aromatic rings. The average molecular weight is 489 g/mol. The third kappa shape index (κ3) is 5.37. The molecule has 2 aliphatic heterocycles. The lowest BCUT2D eigenvalue weighted by molar-refractivity contribution is -0.384. The van der Waals surface area contributed by atoms with Crippen LogP contribution in [0.15, 0.2) is 53.4 Å². The number of ether oxygens (including phenoxy) is 1. The van der Waals surface area contributed by atoms with Crippen molar-refractivity contribution in [1.82, 2.24) is 9.62 Å². The summed E-state index contributed by atoms with van der Waals surface area (Å²) in [6, 6.07) is 13.2. The zero-order valence-corrected chi connectivity index (χ0v) is 19.6. The first-order chi connectivity index (χ1) is 16.4. The number of hydrogen-bond donors (Lipinski definition) is 1. The molecule has 0 spiro atoms. The first-order valence-corrected chi connectivity index (χ1v) is 12.7. The average Bonchev–Trinajstić information content (AvgIpc) is 2.88. The first kappa shape index (κ1) is 24.1. The summed E-state index contributed by atoms with van der Waals surface area (Å²) in [4.78, 5) is 25.8. The van der Waals surface area contributed by atoms with Crippen LogP contribution in [0.5, 0.6) is 0 Å². The highest BCUT2D eigenvalue weighted by atomic mass is 32.2. The molecular formula is C23H28N4O6S. The second-order valence-electron chi connectivity index (χ2n) is 8.39. The molecule has 2 saturated heterocycles. The quantitative estimate of drug-likeness (QED) is 0.468. The number of piperidine rings is 1. The van der Waals surface area contributed by atoms with Gasteiger partial charge in [0.05, 0.1) is 23.0 Å². The van der Waals surface area contributed by atoms with Gasteiger partial charge in [0.25, 0.3) is 5.69 Å². The third-order valence-corrected chi connectivity index (χ3v) is 8.20. The van der Waals surface area contributed by atoms with E-state index in [0.717, 1.165) is 5.56 Å². The van der Waals surface area contributed by atoms with Crippen LogP contribution < -0.4 is 10.2 Å². The van der Waals surface area contributed by atoms with Gasteiger partial charge in [-0.1, -0.05) is 24.3 Å². The molecule has 0 aliphatic carbocycles. The molecule has 2 fully saturated rings. The lowest BCUT2D eigenvalue weighted by Crippen LogP contribution is -2.40. The Morgan fingerprint density at radius 3 is 2.32 bits per heavy atom. The molecule has 11 heteroatoms. The number of carbonyl (C=O) groups is 1. The number of sulfonamides is 1. The number of para-hydroxylation sites is 2. The molecule has 2 aliphatic rings. The summed E-state index contributed by atoms with van der Waals surface area (Å²) < 4.78 is 32.1. The molecule has 182 valence electrons. The minimum absolute atomic E-state index is 0.0628. The summed E-state index contributed by atoms with van der Waals surface area (Å²) >= 11 is 0. The van der Waals surface area contributed by atoms with Gasteiger partial charge in [-0.3, -0.25) is 14.9 Å². The molecule has 0 bridgehead atoms. The van der Waals surface area contributed by atoms with E-state index in [2.05, 4.69) is 5.32 Å². The fraction of sp³-hybridized carbons (Fsp3) is 0.435. The largest absolute Gasteiger partial charge is 0.379 e. The van der Waals surface area contributed by atoms with Gasteiger partial charge in [0.15, 0.2) is 0 Å². The van der Waals surface area contributed by atoms with Gasteiger partial charge < -0.3 is 15.0 Å². The zero-order chi connectivity index (χ0) is 24.1. The van der Waals surface area contributed by atoms with Crippen molar-refractivity contribution in [2.45, 2.75) is 24.3 Å². The summed E-state index contributed by atoms with van der Waals surface area (Å²) in [6.07, 6.45) is 1.21. The molecule has 34 heavy (non-hydrogen) atoms. The fourth-order valence-electron chi connectivity index (χ4n) is 4.32. The topological polar surface area (TPSA) is 122 Å². The van der Waals surface area contributed by atoms with Crippen molar-refractivity contribution >= 4 is 27.3 Å². The molecule has 0 aromatic heterocycles. The normalized spacial score (nSPS) is 17.9. The third-order valence-electron chi connectivity index (χ3n) is 6.28. The van der Waals surface area contributed by atoms with E-state index in [1.54, 1.807) is 42.5 Å². The molecule has 4 rings (SSSR count). The van der Waals surface area contributed by atoms with Crippen LogP contribution in [-0.4, -0.2) is 62.9 Å². The van der Waals surface area contributed by atoms with Crippen molar-refractivity contribution in [3.05, 3.63) is 64.2 Å². The molecular weight excluding hydrogens is 460 g/mol. The smallest absolute Gasteiger partial charge is 0.292 e. The van der Waals surface area contributed by atoms with Crippen LogP contribution in [0.2, 0.25) is 0 Å². The van der Waals surface area contributed by atoms with Crippen LogP contribution in [0.4, 0.5) is 11.4 Å². The number of benzene rings is 2. The van der Waals surface area contributed by atoms with E-state index in [0.29, 0.717) is 64.5 Å². The monoisotopic (exact) mass is 488 g/mol. The van der Waals surface area contributed by atoms with E-state index in [9.17, 15) is 23.3 Å². The Hall–Kier alpha value is -3.02. The number of carbonyl (C=O) groups excluding carboxylic acids is 1. The number of anilines is 1. The van der Waals surface area contributed by atoms with Crippen molar-refractivity contribution < 1.29 is 22.9 Å². The van der Waals surface area contributed by atoms with Crippen LogP contribution in [0, 0.1) is 16.0 Å². The Bertz CT molecular complexity index is 1120. The van der Waals surface area contributed by atoms with Crippen molar-refractivity contribution in [2.24, 2.45) is 5.92 Å². The lowest BCUT2D eigenvalue weighted by atomic mass is 9.95. The van der Waals surface area contributed by atoms with Crippen LogP contribution >= 0.6 is 0 Å². The summed E-state index contributed by atoms with van der Waals surface area (Å²) in [5.74, 6) is -0.229. The summed E-state index contributed by atoms with van der Waals surface area (Å²) in [6.45, 7) is 2.91. The molecule has 0 saturated carbocycles. The first-order valence-electron chi connectivity index (χ1n) is 11.3. The molecule has 0 radical (unpaired) electrons. The van der Waals surface area contributed by atoms with Gasteiger partial charge in [0, 0.05) is 44.7 Å². The van der Waals surface area contributed by atoms with E-state index in [4.69, 9.17) is 4.74 Å². The minimum Gasteiger partial charge on any atom is -0.379 e. The highest BCUT2D eigenvalue weighted by molar-refractivity contribution is 7.89. The number of morpholine rings is 1. The SMILES string of the molecule is O=C(NCc1ccc(S(=O)(=O)N2CCOCC2)cc1)C1CCN(c2ccccc2[N+](=O)[O-])CC1. The molecule has 0 unspecified atom stereocenters. The predicted octanol–water partition coefficient (Wildman–Crippen LogP) is 2.15. The predicted molar refractivity (Wildman–Crippen MR) is 126 cm³/mol. The minimum atomic E-state index is -3.54. The summed E-state index contributed by atoms with van der Waals surface area (Å²) in [7, 11) is -3.54. The molecule has 0 atom stereocenters. The fourth-order valence-corrected chi connectivity index (χ4v) is 5.73. The number of nitro benzene ring substituents is 1. The van der Waals surface area contributed by atoms with Gasteiger partial charge in [0.1, 0.15) is 5.69 Å². The summed E-state index contributed by atoms with van der Waals surface area (Å²) in [5, 5.41) is 14.2. The standard InChI is InChI=1S/C23H28N4O6S/c28-23(19-9-11-25(12-10-19)21-3-1-2-4-22(21)27(29)30)24-17-18-5-7-20(8-6-18)34(31,32)26-13-15-33-16-14-26/h1-8,19H,9-17H2,(H,24,28). The Labute approximate surface area is 198 Å². The molecule has 10 nitrogen and oxygen atoms in total. The van der Waals surface area contributed by atoms with Gasteiger partial charge in [-0.15, -0.1) is 0 Å². The number of nitrogens with zero attached hydrogens (tertiary/aromatic N) is 3. The van der Waals surface area contributed by atoms with Gasteiger partial charge in [-0.2, -0.15) is 4.31 Å². The van der Waals surface area contributed by atoms with Crippen LogP contribution in [0.3, 0.4) is 0 Å². The Morgan fingerprint density at radius 2 is 1.68 bits per heavy atom. The molecule has 1 amide bonds. The van der Waals surface area contributed by atoms with Crippen LogP contribution in [0.25, 0.3) is 0 Å². The summed E-state index contributed by atoms with van der Waals surface area (Å²) in [5.41, 5.74) is 1.47. The van der Waals surface area contributed by atoms with Crippen LogP contribution in [-0.2, 0) is 26.1 Å². The van der Waals surface area contributed by atoms with E-state index in [-0.39, 0.29) is 27.3 Å². The van der Waals surface area contributed by atoms with Crippen molar-refractivity contribution in [2.75, 3.05) is 44.3 Å². The maximum absolute atomic E-state index is 12.7. The Balaban J connectivity index is 1.29. The maximum atomic E-state index is 12.7. The Kier molecular flexibility index (Phi) is 7.44. The van der Waals surface area contributed by atoms with Crippen molar-refractivity contribution in [3.8, 4) is 0 Å². The number of amides is 1. The number of nitrogens with one attached hydrogen (secondary N) is 1. The van der Waals surface area contributed by atoms with Crippen molar-refractivity contribution in [1.29, 1.82) is 0 Å². The maximum Gasteiger partial charge on any atom is 0.292 e. The number of hydrogen-bond acceptors (Lipinski definition) is 7. The van der Waals surface area contributed by atoms with E-state index >= 15 is 0 Å². The van der Waals surface area contributed by atoms with E-state index in [1.807, 2.05) is 4.90 Å². The van der Waals surface area contributed by atoms with Crippen LogP contribution in [0.1, 0.15) is 18.4 Å². The van der Waals surface area contributed by atoms with Gasteiger partial charge >= 0.3 is 0 Å².